The zero-order chi connectivity index (χ0) is 28.1. The van der Waals surface area contributed by atoms with E-state index in [0.717, 1.165) is 22.6 Å². The largest absolute Gasteiger partial charge is 0.427 e. The van der Waals surface area contributed by atoms with Crippen LogP contribution in [-0.4, -0.2) is 53.4 Å². The van der Waals surface area contributed by atoms with E-state index in [9.17, 15) is 32.3 Å². The van der Waals surface area contributed by atoms with E-state index in [2.05, 4.69) is 10.6 Å². The minimum atomic E-state index is -4.47. The van der Waals surface area contributed by atoms with E-state index in [-0.39, 0.29) is 12.5 Å². The predicted octanol–water partition coefficient (Wildman–Crippen LogP) is 4.33. The Labute approximate surface area is 222 Å². The number of fused-ring (bicyclic) bond motifs is 2. The number of carbonyl (C=O) groups is 4. The first-order chi connectivity index (χ1) is 18.4. The Morgan fingerprint density at radius 1 is 1.10 bits per heavy atom. The number of carbonyl (C=O) groups excluding carboxylic acids is 4. The number of benzene rings is 2. The predicted molar refractivity (Wildman–Crippen MR) is 132 cm³/mol. The molecule has 12 heteroatoms. The minimum Gasteiger partial charge on any atom is -0.427 e. The molecular weight excluding hydrogens is 517 g/mol. The van der Waals surface area contributed by atoms with Crippen molar-refractivity contribution in [2.24, 2.45) is 0 Å². The zero-order valence-electron chi connectivity index (χ0n) is 21.3. The van der Waals surface area contributed by atoms with E-state index < -0.39 is 53.9 Å². The van der Waals surface area contributed by atoms with Gasteiger partial charge in [0.25, 0.3) is 5.91 Å². The van der Waals surface area contributed by atoms with Gasteiger partial charge in [0.05, 0.1) is 11.6 Å². The zero-order valence-corrected chi connectivity index (χ0v) is 21.3. The molecule has 9 nitrogen and oxygen atoms in total. The lowest BCUT2D eigenvalue weighted by Gasteiger charge is -2.30. The number of anilines is 1. The summed E-state index contributed by atoms with van der Waals surface area (Å²) in [5, 5.41) is 5.11. The van der Waals surface area contributed by atoms with Crippen LogP contribution in [0.15, 0.2) is 42.5 Å². The molecule has 2 aromatic rings. The lowest BCUT2D eigenvalue weighted by molar-refractivity contribution is -0.143. The first-order valence-corrected chi connectivity index (χ1v) is 12.6. The van der Waals surface area contributed by atoms with Gasteiger partial charge in [0.2, 0.25) is 11.5 Å². The summed E-state index contributed by atoms with van der Waals surface area (Å²) >= 11 is 0. The fourth-order valence-electron chi connectivity index (χ4n) is 5.77. The summed E-state index contributed by atoms with van der Waals surface area (Å²) in [5.74, 6) is -1.12. The molecule has 0 aromatic heterocycles. The summed E-state index contributed by atoms with van der Waals surface area (Å²) in [6.07, 6.45) is -3.59. The molecule has 5 rings (SSSR count). The van der Waals surface area contributed by atoms with E-state index in [0.29, 0.717) is 36.1 Å². The number of nitrogens with zero attached hydrogens (tertiary/aromatic N) is 2. The molecule has 5 amide bonds. The number of ether oxygens (including phenoxy) is 1. The van der Waals surface area contributed by atoms with Gasteiger partial charge in [-0.3, -0.25) is 9.59 Å². The first kappa shape index (κ1) is 26.5. The van der Waals surface area contributed by atoms with Crippen LogP contribution in [0.3, 0.4) is 0 Å². The van der Waals surface area contributed by atoms with Gasteiger partial charge in [-0.1, -0.05) is 18.2 Å². The highest BCUT2D eigenvalue weighted by molar-refractivity contribution is 6.06. The normalized spacial score (nSPS) is 24.2. The van der Waals surface area contributed by atoms with Crippen LogP contribution >= 0.6 is 0 Å². The van der Waals surface area contributed by atoms with Crippen molar-refractivity contribution < 1.29 is 37.1 Å². The molecule has 0 saturated carbocycles. The van der Waals surface area contributed by atoms with Crippen LogP contribution in [0.4, 0.5) is 28.4 Å². The van der Waals surface area contributed by atoms with E-state index in [1.807, 2.05) is 6.92 Å². The Hall–Kier alpha value is -4.09. The quantitative estimate of drug-likeness (QED) is 0.596. The standard InChI is InChI=1S/C27H27F3N4O5/c1-15-3-10-21(16-4-6-18(7-5-16)27(28,29)30)34(15)22(35)14-33-23(36)26(39-25(33)38)12-11-17-13-19(8-9-20(17)26)32-24(37)31-2/h4-9,13,15,21H,3,10-12,14H2,1-2H3,(H2,31,32,37)/t15-,21-,26?/m1/s1. The van der Waals surface area contributed by atoms with Crippen molar-refractivity contribution in [2.45, 2.75) is 56.5 Å². The van der Waals surface area contributed by atoms with Crippen LogP contribution in [0.2, 0.25) is 0 Å². The summed E-state index contributed by atoms with van der Waals surface area (Å²) < 4.78 is 44.6. The van der Waals surface area contributed by atoms with Gasteiger partial charge in [-0.15, -0.1) is 0 Å². The average Bonchev–Trinajstić information content (AvgIpc) is 3.53. The fraction of sp³-hybridized carbons (Fsp3) is 0.407. The van der Waals surface area contributed by atoms with Gasteiger partial charge in [0.15, 0.2) is 0 Å². The van der Waals surface area contributed by atoms with Gasteiger partial charge >= 0.3 is 18.3 Å². The monoisotopic (exact) mass is 544 g/mol. The van der Waals surface area contributed by atoms with Crippen LogP contribution in [-0.2, 0) is 32.5 Å². The molecule has 2 fully saturated rings. The maximum Gasteiger partial charge on any atom is 0.418 e. The molecule has 1 spiro atoms. The van der Waals surface area contributed by atoms with Gasteiger partial charge in [-0.2, -0.15) is 13.2 Å². The molecule has 0 radical (unpaired) electrons. The van der Waals surface area contributed by atoms with E-state index in [4.69, 9.17) is 4.74 Å². The Bertz CT molecular complexity index is 1350. The third-order valence-corrected chi connectivity index (χ3v) is 7.72. The highest BCUT2D eigenvalue weighted by Gasteiger charge is 2.58. The summed E-state index contributed by atoms with van der Waals surface area (Å²) in [7, 11) is 1.48. The number of hydrogen-bond donors (Lipinski definition) is 2. The summed E-state index contributed by atoms with van der Waals surface area (Å²) in [6.45, 7) is 1.29. The average molecular weight is 545 g/mol. The molecule has 3 aliphatic rings. The maximum atomic E-state index is 13.5. The van der Waals surface area contributed by atoms with Crippen molar-refractivity contribution >= 4 is 29.6 Å². The molecule has 2 aromatic carbocycles. The number of hydrogen-bond acceptors (Lipinski definition) is 5. The summed E-state index contributed by atoms with van der Waals surface area (Å²) in [4.78, 5) is 53.8. The van der Waals surface area contributed by atoms with Crippen LogP contribution < -0.4 is 10.6 Å². The first-order valence-electron chi connectivity index (χ1n) is 12.6. The molecule has 206 valence electrons. The number of likely N-dealkylation sites (tertiary alicyclic amines) is 1. The van der Waals surface area contributed by atoms with Gasteiger partial charge in [-0.05, 0) is 61.6 Å². The van der Waals surface area contributed by atoms with Crippen LogP contribution in [0, 0.1) is 0 Å². The van der Waals surface area contributed by atoms with Crippen LogP contribution in [0.5, 0.6) is 0 Å². The highest BCUT2D eigenvalue weighted by Crippen LogP contribution is 2.46. The van der Waals surface area contributed by atoms with Crippen molar-refractivity contribution in [3.63, 3.8) is 0 Å². The second-order valence-corrected chi connectivity index (χ2v) is 10.0. The lowest BCUT2D eigenvalue weighted by atomic mass is 9.94. The molecular formula is C27H27F3N4O5. The Morgan fingerprint density at radius 2 is 1.82 bits per heavy atom. The number of aryl methyl sites for hydroxylation is 1. The van der Waals surface area contributed by atoms with Gasteiger partial charge in [-0.25, -0.2) is 14.5 Å². The molecule has 3 atom stereocenters. The molecule has 2 heterocycles. The number of rotatable bonds is 4. The molecule has 39 heavy (non-hydrogen) atoms. The lowest BCUT2D eigenvalue weighted by Crippen LogP contribution is -2.46. The van der Waals surface area contributed by atoms with Crippen molar-refractivity contribution in [1.29, 1.82) is 0 Å². The molecule has 2 N–H and O–H groups in total. The molecule has 1 unspecified atom stereocenters. The molecule has 2 saturated heterocycles. The van der Waals surface area contributed by atoms with Crippen LogP contribution in [0.25, 0.3) is 0 Å². The smallest absolute Gasteiger partial charge is 0.418 e. The van der Waals surface area contributed by atoms with Crippen molar-refractivity contribution in [2.75, 3.05) is 18.9 Å². The number of urea groups is 1. The second-order valence-electron chi connectivity index (χ2n) is 10.0. The molecule has 0 bridgehead atoms. The summed E-state index contributed by atoms with van der Waals surface area (Å²) in [6, 6.07) is 8.54. The van der Waals surface area contributed by atoms with Gasteiger partial charge in [0.1, 0.15) is 6.54 Å². The van der Waals surface area contributed by atoms with E-state index in [1.165, 1.54) is 24.1 Å². The molecule has 1 aliphatic carbocycles. The highest BCUT2D eigenvalue weighted by atomic mass is 19.4. The third kappa shape index (κ3) is 4.57. The Kier molecular flexibility index (Phi) is 6.51. The fourth-order valence-corrected chi connectivity index (χ4v) is 5.77. The second kappa shape index (κ2) is 9.58. The summed E-state index contributed by atoms with van der Waals surface area (Å²) in [5.41, 5.74) is 0.00919. The Morgan fingerprint density at radius 3 is 2.49 bits per heavy atom. The molecule has 2 aliphatic heterocycles. The van der Waals surface area contributed by atoms with Crippen molar-refractivity contribution in [3.05, 3.63) is 64.7 Å². The number of alkyl halides is 3. The SMILES string of the molecule is CNC(=O)Nc1ccc2c(c1)CCC21OC(=O)N(CC(=O)N2[C@H](C)CC[C@@H]2c2ccc(C(F)(F)F)cc2)C1=O. The van der Waals surface area contributed by atoms with Crippen LogP contribution in [0.1, 0.15) is 54.5 Å². The van der Waals surface area contributed by atoms with E-state index >= 15 is 0 Å². The van der Waals surface area contributed by atoms with Gasteiger partial charge < -0.3 is 20.3 Å². The third-order valence-electron chi connectivity index (χ3n) is 7.72. The number of imide groups is 1. The topological polar surface area (TPSA) is 108 Å². The van der Waals surface area contributed by atoms with Gasteiger partial charge in [0, 0.05) is 30.8 Å². The number of amides is 5. The Balaban J connectivity index is 1.34. The van der Waals surface area contributed by atoms with E-state index in [1.54, 1.807) is 18.2 Å². The number of nitrogens with one attached hydrogen (secondary N) is 2. The minimum absolute atomic E-state index is 0.204. The maximum absolute atomic E-state index is 13.5. The van der Waals surface area contributed by atoms with Crippen molar-refractivity contribution in [3.8, 4) is 0 Å². The van der Waals surface area contributed by atoms with Crippen molar-refractivity contribution in [1.82, 2.24) is 15.1 Å². The number of halogens is 3.